The number of carbonyl (C=O) groups excluding carboxylic acids is 6. The van der Waals surface area contributed by atoms with Crippen molar-refractivity contribution in [1.82, 2.24) is 15.5 Å². The van der Waals surface area contributed by atoms with Crippen LogP contribution in [0, 0.1) is 5.92 Å². The van der Waals surface area contributed by atoms with Gasteiger partial charge in [0.25, 0.3) is 0 Å². The van der Waals surface area contributed by atoms with E-state index in [1.54, 1.807) is 37.3 Å². The molecule has 4 N–H and O–H groups in total. The zero-order chi connectivity index (χ0) is 35.9. The number of Topliss-reactive ketones (excluding diaryl/α,β-unsaturated/α-hetero) is 2. The highest BCUT2D eigenvalue weighted by Crippen LogP contribution is 2.29. The van der Waals surface area contributed by atoms with Crippen LogP contribution in [0.3, 0.4) is 0 Å². The van der Waals surface area contributed by atoms with E-state index in [1.807, 2.05) is 13.8 Å². The van der Waals surface area contributed by atoms with Gasteiger partial charge in [0.2, 0.25) is 17.7 Å². The number of hydrogen-bond acceptors (Lipinski definition) is 11. The van der Waals surface area contributed by atoms with Gasteiger partial charge in [0, 0.05) is 57.2 Å². The number of amides is 3. The SMILES string of the molecule is CC(C)NCC(OC(=O)OCc1ccc(CC(=O)CNC(=O)CCC(=O)CCCCCN2C(=O)CC(C)C2=O)cc1)c1ccc(O)c(O)c1. The minimum absolute atomic E-state index is 0.00961. The molecule has 2 aromatic rings. The summed E-state index contributed by atoms with van der Waals surface area (Å²) < 4.78 is 10.7. The second kappa shape index (κ2) is 19.3. The van der Waals surface area contributed by atoms with Gasteiger partial charge in [-0.1, -0.05) is 57.5 Å². The van der Waals surface area contributed by atoms with Crippen LogP contribution < -0.4 is 10.6 Å². The molecule has 1 saturated heterocycles. The number of likely N-dealkylation sites (tertiary alicyclic amines) is 1. The predicted octanol–water partition coefficient (Wildman–Crippen LogP) is 4.02. The first-order valence-corrected chi connectivity index (χ1v) is 16.6. The van der Waals surface area contributed by atoms with Gasteiger partial charge in [-0.3, -0.25) is 28.9 Å². The van der Waals surface area contributed by atoms with Gasteiger partial charge < -0.3 is 30.3 Å². The molecule has 49 heavy (non-hydrogen) atoms. The number of nitrogens with zero attached hydrogens (tertiary/aromatic N) is 1. The molecule has 1 aliphatic heterocycles. The number of imide groups is 1. The van der Waals surface area contributed by atoms with Gasteiger partial charge >= 0.3 is 6.16 Å². The number of phenolic OH excluding ortho intramolecular Hbond substituents is 2. The molecule has 0 spiro atoms. The lowest BCUT2D eigenvalue weighted by atomic mass is 10.1. The van der Waals surface area contributed by atoms with Gasteiger partial charge in [0.15, 0.2) is 17.3 Å². The highest BCUT2D eigenvalue weighted by Gasteiger charge is 2.34. The number of carbonyl (C=O) groups is 6. The largest absolute Gasteiger partial charge is 0.509 e. The molecule has 0 bridgehead atoms. The fourth-order valence-electron chi connectivity index (χ4n) is 5.16. The number of ketones is 2. The molecule has 3 rings (SSSR count). The summed E-state index contributed by atoms with van der Waals surface area (Å²) in [4.78, 5) is 74.3. The molecule has 1 heterocycles. The minimum Gasteiger partial charge on any atom is -0.504 e. The number of unbranched alkanes of at least 4 members (excludes halogenated alkanes) is 2. The Kier molecular flexibility index (Phi) is 15.2. The standard InChI is InChI=1S/C36H47N3O10/c1-23(2)37-21-32(27-12-14-30(42)31(43)19-27)49-36(47)48-22-26-10-8-25(9-11-26)18-29(41)20-38-33(44)15-13-28(40)7-5-4-6-16-39-34(45)17-24(3)35(39)46/h8-12,14,19,23-24,32,37,42-43H,4-7,13,15-18,20-22H2,1-3H3,(H,38,44). The average Bonchev–Trinajstić information content (AvgIpc) is 3.31. The van der Waals surface area contributed by atoms with Gasteiger partial charge in [0.1, 0.15) is 18.5 Å². The quantitative estimate of drug-likeness (QED) is 0.0684. The molecular weight excluding hydrogens is 634 g/mol. The monoisotopic (exact) mass is 681 g/mol. The van der Waals surface area contributed by atoms with Crippen molar-refractivity contribution in [1.29, 1.82) is 0 Å². The number of phenols is 2. The van der Waals surface area contributed by atoms with E-state index in [1.165, 1.54) is 17.0 Å². The molecule has 13 heteroatoms. The maximum atomic E-state index is 12.5. The summed E-state index contributed by atoms with van der Waals surface area (Å²) in [6, 6.07) is 11.1. The summed E-state index contributed by atoms with van der Waals surface area (Å²) in [6.07, 6.45) is 0.982. The lowest BCUT2D eigenvalue weighted by molar-refractivity contribution is -0.139. The van der Waals surface area contributed by atoms with E-state index in [4.69, 9.17) is 9.47 Å². The van der Waals surface area contributed by atoms with Crippen LogP contribution >= 0.6 is 0 Å². The Bertz CT molecular complexity index is 1470. The molecule has 0 saturated carbocycles. The summed E-state index contributed by atoms with van der Waals surface area (Å²) in [5.41, 5.74) is 1.85. The Morgan fingerprint density at radius 1 is 0.898 bits per heavy atom. The maximum absolute atomic E-state index is 12.5. The van der Waals surface area contributed by atoms with Crippen molar-refractivity contribution in [3.8, 4) is 11.5 Å². The highest BCUT2D eigenvalue weighted by molar-refractivity contribution is 6.03. The number of benzene rings is 2. The molecule has 3 amide bonds. The van der Waals surface area contributed by atoms with Crippen LogP contribution in [0.15, 0.2) is 42.5 Å². The topological polar surface area (TPSA) is 189 Å². The van der Waals surface area contributed by atoms with E-state index in [9.17, 15) is 39.0 Å². The van der Waals surface area contributed by atoms with E-state index >= 15 is 0 Å². The van der Waals surface area contributed by atoms with Gasteiger partial charge in [-0.15, -0.1) is 0 Å². The number of ether oxygens (including phenoxy) is 2. The van der Waals surface area contributed by atoms with Crippen molar-refractivity contribution in [2.45, 2.75) is 90.9 Å². The summed E-state index contributed by atoms with van der Waals surface area (Å²) in [7, 11) is 0. The summed E-state index contributed by atoms with van der Waals surface area (Å²) >= 11 is 0. The third-order valence-corrected chi connectivity index (χ3v) is 8.02. The Morgan fingerprint density at radius 3 is 2.27 bits per heavy atom. The first-order chi connectivity index (χ1) is 23.3. The molecule has 1 fully saturated rings. The molecule has 1 aliphatic rings. The van der Waals surface area contributed by atoms with Crippen molar-refractivity contribution in [2.24, 2.45) is 5.92 Å². The zero-order valence-electron chi connectivity index (χ0n) is 28.4. The summed E-state index contributed by atoms with van der Waals surface area (Å²) in [6.45, 7) is 6.00. The average molecular weight is 682 g/mol. The molecule has 0 radical (unpaired) electrons. The van der Waals surface area contributed by atoms with Crippen molar-refractivity contribution in [3.05, 3.63) is 59.2 Å². The Hall–Kier alpha value is -4.78. The van der Waals surface area contributed by atoms with Crippen molar-refractivity contribution >= 4 is 35.4 Å². The predicted molar refractivity (Wildman–Crippen MR) is 178 cm³/mol. The molecule has 13 nitrogen and oxygen atoms in total. The third kappa shape index (κ3) is 13.3. The van der Waals surface area contributed by atoms with E-state index in [2.05, 4.69) is 10.6 Å². The van der Waals surface area contributed by atoms with Gasteiger partial charge in [0.05, 0.1) is 6.54 Å². The van der Waals surface area contributed by atoms with Gasteiger partial charge in [-0.05, 0) is 41.7 Å². The number of nitrogens with one attached hydrogen (secondary N) is 2. The Morgan fingerprint density at radius 2 is 1.61 bits per heavy atom. The first-order valence-electron chi connectivity index (χ1n) is 16.6. The van der Waals surface area contributed by atoms with E-state index in [-0.39, 0.29) is 98.1 Å². The van der Waals surface area contributed by atoms with Crippen molar-refractivity contribution in [3.63, 3.8) is 0 Å². The fourth-order valence-corrected chi connectivity index (χ4v) is 5.16. The van der Waals surface area contributed by atoms with Gasteiger partial charge in [-0.2, -0.15) is 0 Å². The maximum Gasteiger partial charge on any atom is 0.509 e. The first kappa shape index (κ1) is 38.7. The lowest BCUT2D eigenvalue weighted by Crippen LogP contribution is -2.31. The minimum atomic E-state index is -0.917. The van der Waals surface area contributed by atoms with Crippen LogP contribution in [0.2, 0.25) is 0 Å². The van der Waals surface area contributed by atoms with Crippen molar-refractivity contribution in [2.75, 3.05) is 19.6 Å². The molecule has 0 aromatic heterocycles. The second-order valence-electron chi connectivity index (χ2n) is 12.6. The normalized spacial score (nSPS) is 14.9. The zero-order valence-corrected chi connectivity index (χ0v) is 28.4. The van der Waals surface area contributed by atoms with E-state index < -0.39 is 12.3 Å². The third-order valence-electron chi connectivity index (χ3n) is 8.02. The lowest BCUT2D eigenvalue weighted by Gasteiger charge is -2.20. The summed E-state index contributed by atoms with van der Waals surface area (Å²) in [5.74, 6) is -1.81. The van der Waals surface area contributed by atoms with Crippen LogP contribution in [0.1, 0.15) is 88.5 Å². The van der Waals surface area contributed by atoms with Crippen LogP contribution in [-0.2, 0) is 46.5 Å². The Labute approximate surface area is 286 Å². The second-order valence-corrected chi connectivity index (χ2v) is 12.6. The Balaban J connectivity index is 1.30. The fraction of sp³-hybridized carbons (Fsp3) is 0.500. The molecule has 266 valence electrons. The number of aromatic hydroxyl groups is 2. The van der Waals surface area contributed by atoms with Crippen LogP contribution in [0.4, 0.5) is 4.79 Å². The smallest absolute Gasteiger partial charge is 0.504 e. The van der Waals surface area contributed by atoms with Crippen LogP contribution in [-0.4, -0.2) is 76.2 Å². The van der Waals surface area contributed by atoms with Crippen LogP contribution in [0.25, 0.3) is 0 Å². The number of hydrogen-bond donors (Lipinski definition) is 4. The molecule has 0 aliphatic carbocycles. The van der Waals surface area contributed by atoms with Gasteiger partial charge in [-0.25, -0.2) is 4.79 Å². The summed E-state index contributed by atoms with van der Waals surface area (Å²) in [5, 5.41) is 25.2. The molecule has 2 atom stereocenters. The number of rotatable bonds is 20. The molecular formula is C36H47N3O10. The van der Waals surface area contributed by atoms with Crippen LogP contribution in [0.5, 0.6) is 11.5 Å². The molecule has 2 aromatic carbocycles. The highest BCUT2D eigenvalue weighted by atomic mass is 16.7. The van der Waals surface area contributed by atoms with E-state index in [0.717, 1.165) is 0 Å². The van der Waals surface area contributed by atoms with Crippen molar-refractivity contribution < 1.29 is 48.5 Å². The molecule has 2 unspecified atom stereocenters. The van der Waals surface area contributed by atoms with E-state index in [0.29, 0.717) is 48.9 Å².